The summed E-state index contributed by atoms with van der Waals surface area (Å²) in [4.78, 5) is 0. The lowest BCUT2D eigenvalue weighted by molar-refractivity contribution is 0.535. The minimum Gasteiger partial charge on any atom is -0.314 e. The maximum absolute atomic E-state index is 9.67. The summed E-state index contributed by atoms with van der Waals surface area (Å²) in [6, 6.07) is 0.903. The van der Waals surface area contributed by atoms with Gasteiger partial charge in [0.25, 0.3) is 0 Å². The van der Waals surface area contributed by atoms with Crippen molar-refractivity contribution in [3.05, 3.63) is 0 Å². The smallest absolute Gasteiger partial charge is 0.314 e. The van der Waals surface area contributed by atoms with Crippen LogP contribution >= 0.6 is 0 Å². The van der Waals surface area contributed by atoms with E-state index in [9.17, 15) is 12.9 Å². The van der Waals surface area contributed by atoms with Gasteiger partial charge in [0.1, 0.15) is 0 Å². The molecule has 1 rings (SSSR count). The highest BCUT2D eigenvalue weighted by molar-refractivity contribution is 6.33. The monoisotopic (exact) mass is 167 g/mol. The predicted octanol–water partition coefficient (Wildman–Crippen LogP) is 2.03. The van der Waals surface area contributed by atoms with Crippen molar-refractivity contribution in [2.45, 2.75) is 32.2 Å². The molecule has 1 N–H and O–H groups in total. The Hall–Kier alpha value is -0.185. The van der Waals surface area contributed by atoms with Crippen molar-refractivity contribution in [3.63, 3.8) is 0 Å². The molecule has 0 aromatic rings. The molecule has 11 heavy (non-hydrogen) atoms. The van der Waals surface area contributed by atoms with Crippen molar-refractivity contribution in [2.75, 3.05) is 6.54 Å². The third kappa shape index (κ3) is 12.9. The van der Waals surface area contributed by atoms with Crippen LogP contribution in [0.25, 0.3) is 0 Å². The second kappa shape index (κ2) is 6.52. The van der Waals surface area contributed by atoms with Crippen LogP contribution in [0.1, 0.15) is 26.2 Å². The fraction of sp³-hybridized carbons (Fsp3) is 1.00. The Kier molecular flexibility index (Phi) is 6.41. The van der Waals surface area contributed by atoms with Gasteiger partial charge in [-0.3, -0.25) is 12.9 Å². The van der Waals surface area contributed by atoms with Crippen LogP contribution in [0.5, 0.6) is 0 Å². The van der Waals surface area contributed by atoms with E-state index < -0.39 is 7.54 Å². The van der Waals surface area contributed by atoms with Crippen molar-refractivity contribution < 1.29 is 12.9 Å². The molecule has 0 unspecified atom stereocenters. The van der Waals surface area contributed by atoms with Gasteiger partial charge in [-0.1, -0.05) is 6.92 Å². The molecule has 5 heteroatoms. The number of halogens is 3. The number of hydrogen-bond donors (Lipinski definition) is 1. The summed E-state index contributed by atoms with van der Waals surface area (Å²) in [5.74, 6) is 0. The van der Waals surface area contributed by atoms with Crippen LogP contribution in [0, 0.1) is 0 Å². The minimum atomic E-state index is -3.67. The molecular weight excluding hydrogens is 154 g/mol. The maximum Gasteiger partial charge on any atom is 0.762 e. The van der Waals surface area contributed by atoms with Gasteiger partial charge in [-0.2, -0.15) is 0 Å². The topological polar surface area (TPSA) is 12.0 Å². The van der Waals surface area contributed by atoms with E-state index in [4.69, 9.17) is 0 Å². The summed E-state index contributed by atoms with van der Waals surface area (Å²) in [5.41, 5.74) is 0. The van der Waals surface area contributed by atoms with Gasteiger partial charge in [0.2, 0.25) is 0 Å². The molecule has 0 radical (unpaired) electrons. The van der Waals surface area contributed by atoms with Crippen LogP contribution in [-0.2, 0) is 0 Å². The van der Waals surface area contributed by atoms with E-state index in [1.165, 1.54) is 25.8 Å². The van der Waals surface area contributed by atoms with Crippen LogP contribution in [0.4, 0.5) is 12.9 Å². The van der Waals surface area contributed by atoms with Crippen LogP contribution in [-0.4, -0.2) is 20.1 Å². The fourth-order valence-corrected chi connectivity index (χ4v) is 0.636. The van der Waals surface area contributed by atoms with Crippen molar-refractivity contribution in [1.82, 2.24) is 5.32 Å². The highest BCUT2D eigenvalue weighted by Crippen LogP contribution is 2.17. The van der Waals surface area contributed by atoms with Crippen LogP contribution in [0.3, 0.4) is 0 Å². The van der Waals surface area contributed by atoms with E-state index in [2.05, 4.69) is 12.2 Å². The zero-order valence-corrected chi connectivity index (χ0v) is 6.62. The molecule has 0 heterocycles. The van der Waals surface area contributed by atoms with E-state index in [0.29, 0.717) is 0 Å². The highest BCUT2D eigenvalue weighted by atomic mass is 19.4. The molecule has 1 fully saturated rings. The Labute approximate surface area is 65.6 Å². The molecule has 0 spiro atoms. The zero-order valence-electron chi connectivity index (χ0n) is 6.62. The van der Waals surface area contributed by atoms with Crippen molar-refractivity contribution in [3.8, 4) is 0 Å². The van der Waals surface area contributed by atoms with Crippen molar-refractivity contribution in [2.24, 2.45) is 0 Å². The first-order chi connectivity index (χ1) is 5.16. The van der Waals surface area contributed by atoms with Gasteiger partial charge in [-0.25, -0.2) is 0 Å². The predicted molar refractivity (Wildman–Crippen MR) is 40.4 cm³/mol. The van der Waals surface area contributed by atoms with Gasteiger partial charge >= 0.3 is 7.54 Å². The summed E-state index contributed by atoms with van der Waals surface area (Å²) >= 11 is 0. The first-order valence-electron chi connectivity index (χ1n) is 3.82. The van der Waals surface area contributed by atoms with Gasteiger partial charge in [-0.05, 0) is 25.8 Å². The molecule has 1 saturated carbocycles. The molecule has 1 aliphatic rings. The van der Waals surface area contributed by atoms with Gasteiger partial charge in [0.05, 0.1) is 0 Å². The summed E-state index contributed by atoms with van der Waals surface area (Å²) in [7, 11) is -3.67. The molecule has 0 aromatic heterocycles. The van der Waals surface area contributed by atoms with Crippen LogP contribution < -0.4 is 5.32 Å². The minimum absolute atomic E-state index is 0.903. The summed E-state index contributed by atoms with van der Waals surface area (Å²) in [6.07, 6.45) is 4.11. The summed E-state index contributed by atoms with van der Waals surface area (Å²) < 4.78 is 29.0. The molecule has 0 aromatic carbocycles. The molecule has 0 amide bonds. The first kappa shape index (κ1) is 10.8. The normalized spacial score (nSPS) is 15.3. The number of rotatable bonds is 3. The van der Waals surface area contributed by atoms with E-state index in [1.54, 1.807) is 0 Å². The molecule has 0 bridgehead atoms. The van der Waals surface area contributed by atoms with E-state index in [1.807, 2.05) is 0 Å². The van der Waals surface area contributed by atoms with Crippen LogP contribution in [0.2, 0.25) is 0 Å². The molecule has 1 nitrogen and oxygen atoms in total. The van der Waals surface area contributed by atoms with Gasteiger partial charge in [-0.15, -0.1) is 0 Å². The van der Waals surface area contributed by atoms with Gasteiger partial charge in [0, 0.05) is 6.04 Å². The fourth-order valence-electron chi connectivity index (χ4n) is 0.636. The van der Waals surface area contributed by atoms with Crippen molar-refractivity contribution >= 4 is 7.54 Å². The Morgan fingerprint density at radius 3 is 2.09 bits per heavy atom. The molecule has 0 aliphatic heterocycles. The third-order valence-electron chi connectivity index (χ3n) is 1.26. The SMILES string of the molecule is CCCNC1CC1.FB(F)F. The second-order valence-corrected chi connectivity index (χ2v) is 2.48. The summed E-state index contributed by atoms with van der Waals surface area (Å²) in [5, 5.41) is 3.41. The van der Waals surface area contributed by atoms with Crippen molar-refractivity contribution in [1.29, 1.82) is 0 Å². The second-order valence-electron chi connectivity index (χ2n) is 2.48. The Morgan fingerprint density at radius 1 is 1.36 bits per heavy atom. The highest BCUT2D eigenvalue weighted by Gasteiger charge is 2.18. The van der Waals surface area contributed by atoms with E-state index in [-0.39, 0.29) is 0 Å². The molecular formula is C6H13BF3N. The Balaban J connectivity index is 0.000000218. The lowest BCUT2D eigenvalue weighted by Gasteiger charge is -1.94. The zero-order chi connectivity index (χ0) is 8.69. The maximum atomic E-state index is 9.67. The molecule has 1 aliphatic carbocycles. The van der Waals surface area contributed by atoms with Crippen LogP contribution in [0.15, 0.2) is 0 Å². The molecule has 0 atom stereocenters. The Bertz CT molecular complexity index is 85.1. The average molecular weight is 167 g/mol. The number of hydrogen-bond acceptors (Lipinski definition) is 1. The number of nitrogens with one attached hydrogen (secondary N) is 1. The molecule has 66 valence electrons. The lowest BCUT2D eigenvalue weighted by Crippen LogP contribution is -2.16. The van der Waals surface area contributed by atoms with E-state index in [0.717, 1.165) is 6.04 Å². The molecule has 0 saturated heterocycles. The van der Waals surface area contributed by atoms with Gasteiger partial charge in [0.15, 0.2) is 0 Å². The van der Waals surface area contributed by atoms with E-state index >= 15 is 0 Å². The average Bonchev–Trinajstić information content (AvgIpc) is 2.64. The quantitative estimate of drug-likeness (QED) is 0.634. The van der Waals surface area contributed by atoms with Gasteiger partial charge < -0.3 is 5.32 Å². The Morgan fingerprint density at radius 2 is 1.82 bits per heavy atom. The first-order valence-corrected chi connectivity index (χ1v) is 3.82. The summed E-state index contributed by atoms with van der Waals surface area (Å²) in [6.45, 7) is 3.42. The largest absolute Gasteiger partial charge is 0.762 e. The third-order valence-corrected chi connectivity index (χ3v) is 1.26. The standard InChI is InChI=1S/C6H13N.BF3/c1-2-5-7-6-3-4-6;2-1(3)4/h6-7H,2-5H2,1H3;. The lowest BCUT2D eigenvalue weighted by atomic mass is 10.5.